The smallest absolute Gasteiger partial charge is 0.285 e. The number of rotatable bonds is 2. The van der Waals surface area contributed by atoms with Crippen molar-refractivity contribution in [2.45, 2.75) is 5.75 Å². The van der Waals surface area contributed by atoms with E-state index in [4.69, 9.17) is 4.55 Å². The molecule has 1 aromatic carbocycles. The van der Waals surface area contributed by atoms with Crippen LogP contribution in [0.3, 0.4) is 0 Å². The first kappa shape index (κ1) is 12.8. The third-order valence-corrected chi connectivity index (χ3v) is 1.83. The molecule has 0 saturated heterocycles. The molecule has 0 amide bonds. The second kappa shape index (κ2) is 5.49. The summed E-state index contributed by atoms with van der Waals surface area (Å²) in [6.07, 6.45) is 0. The molecule has 0 spiro atoms. The van der Waals surface area contributed by atoms with Crippen LogP contribution in [0.1, 0.15) is 5.56 Å². The van der Waals surface area contributed by atoms with Gasteiger partial charge in [0.1, 0.15) is 0 Å². The first-order valence-corrected chi connectivity index (χ1v) is 4.59. The Morgan fingerprint density at radius 1 is 1.33 bits per heavy atom. The number of hydrogen-bond acceptors (Lipinski definition) is 2. The summed E-state index contributed by atoms with van der Waals surface area (Å²) in [5.41, 5.74) is 0.561. The second-order valence-electron chi connectivity index (χ2n) is 2.13. The zero-order valence-corrected chi connectivity index (χ0v) is 10.6. The minimum atomic E-state index is -3.89. The Kier molecular flexibility index (Phi) is 5.84. The van der Waals surface area contributed by atoms with Gasteiger partial charge in [0.2, 0.25) is 0 Å². The van der Waals surface area contributed by atoms with E-state index in [0.717, 1.165) is 0 Å². The van der Waals surface area contributed by atoms with Crippen molar-refractivity contribution in [2.75, 3.05) is 0 Å². The molecule has 1 N–H and O–H groups in total. The summed E-state index contributed by atoms with van der Waals surface area (Å²) >= 11 is 0. The molecular formula is C7H7KO3S. The predicted molar refractivity (Wildman–Crippen MR) is 40.5 cm³/mol. The van der Waals surface area contributed by atoms with E-state index >= 15 is 0 Å². The summed E-state index contributed by atoms with van der Waals surface area (Å²) in [5.74, 6) is -0.332. The third kappa shape index (κ3) is 5.42. The van der Waals surface area contributed by atoms with Crippen LogP contribution in [0.4, 0.5) is 0 Å². The van der Waals surface area contributed by atoms with Gasteiger partial charge in [0.25, 0.3) is 10.1 Å². The standard InChI is InChI=1S/C7H7O3S.K/c8-11(9,10)6-7-4-2-1-3-5-7;/h2-5H,6H2,(H,8,9,10);/q-1;+1. The molecule has 0 fully saturated rings. The van der Waals surface area contributed by atoms with Crippen molar-refractivity contribution in [3.8, 4) is 0 Å². The van der Waals surface area contributed by atoms with Crippen molar-refractivity contribution in [3.63, 3.8) is 0 Å². The van der Waals surface area contributed by atoms with Gasteiger partial charge in [0.15, 0.2) is 0 Å². The average Bonchev–Trinajstić information content (AvgIpc) is 1.85. The molecule has 0 bridgehead atoms. The maximum Gasteiger partial charge on any atom is 1.00 e. The van der Waals surface area contributed by atoms with Gasteiger partial charge >= 0.3 is 51.4 Å². The quantitative estimate of drug-likeness (QED) is 0.345. The van der Waals surface area contributed by atoms with Gasteiger partial charge in [-0.2, -0.15) is 38.7 Å². The monoisotopic (exact) mass is 210 g/mol. The molecule has 1 aromatic rings. The van der Waals surface area contributed by atoms with Crippen molar-refractivity contribution in [2.24, 2.45) is 0 Å². The molecule has 12 heavy (non-hydrogen) atoms. The third-order valence-electron chi connectivity index (χ3n) is 1.14. The van der Waals surface area contributed by atoms with Crippen LogP contribution in [0.15, 0.2) is 24.3 Å². The van der Waals surface area contributed by atoms with Crippen LogP contribution < -0.4 is 51.4 Å². The summed E-state index contributed by atoms with van der Waals surface area (Å²) in [6, 6.07) is 9.12. The Balaban J connectivity index is 0.00000121. The summed E-state index contributed by atoms with van der Waals surface area (Å²) in [5, 5.41) is 0. The molecule has 5 heteroatoms. The number of hydrogen-bond donors (Lipinski definition) is 1. The van der Waals surface area contributed by atoms with Crippen LogP contribution in [-0.2, 0) is 15.9 Å². The van der Waals surface area contributed by atoms with E-state index in [1.165, 1.54) is 0 Å². The molecule has 1 rings (SSSR count). The Hall–Kier alpha value is 0.766. The molecule has 3 nitrogen and oxygen atoms in total. The molecule has 0 radical (unpaired) electrons. The molecule has 0 aromatic heterocycles. The van der Waals surface area contributed by atoms with E-state index in [0.29, 0.717) is 5.56 Å². The first-order valence-electron chi connectivity index (χ1n) is 2.98. The molecule has 0 unspecified atom stereocenters. The SMILES string of the molecule is O=S(=O)(O)Cc1cc[c-]cc1.[K+]. The minimum Gasteiger partial charge on any atom is -0.285 e. The van der Waals surface area contributed by atoms with E-state index in [1.807, 2.05) is 0 Å². The van der Waals surface area contributed by atoms with Crippen LogP contribution >= 0.6 is 0 Å². The van der Waals surface area contributed by atoms with Crippen LogP contribution in [0, 0.1) is 6.07 Å². The second-order valence-corrected chi connectivity index (χ2v) is 3.59. The fourth-order valence-corrected chi connectivity index (χ4v) is 1.34. The zero-order chi connectivity index (χ0) is 8.32. The fraction of sp³-hybridized carbons (Fsp3) is 0.143. The van der Waals surface area contributed by atoms with Crippen molar-refractivity contribution >= 4 is 10.1 Å². The summed E-state index contributed by atoms with van der Waals surface area (Å²) in [4.78, 5) is 0. The molecular weight excluding hydrogens is 203 g/mol. The van der Waals surface area contributed by atoms with Gasteiger partial charge in [-0.15, -0.1) is 5.56 Å². The van der Waals surface area contributed by atoms with Gasteiger partial charge in [-0.1, -0.05) is 0 Å². The van der Waals surface area contributed by atoms with Crippen LogP contribution in [0.5, 0.6) is 0 Å². The van der Waals surface area contributed by atoms with Gasteiger partial charge in [-0.05, 0) is 0 Å². The summed E-state index contributed by atoms with van der Waals surface area (Å²) < 4.78 is 29.1. The maximum absolute atomic E-state index is 10.3. The maximum atomic E-state index is 10.3. The van der Waals surface area contributed by atoms with Crippen molar-refractivity contribution in [1.29, 1.82) is 0 Å². The number of benzene rings is 1. The van der Waals surface area contributed by atoms with Crippen LogP contribution in [-0.4, -0.2) is 13.0 Å². The molecule has 0 aliphatic rings. The molecule has 60 valence electrons. The first-order chi connectivity index (χ1) is 5.08. The zero-order valence-electron chi connectivity index (χ0n) is 6.69. The fourth-order valence-electron chi connectivity index (χ4n) is 0.728. The largest absolute Gasteiger partial charge is 1.00 e. The summed E-state index contributed by atoms with van der Waals surface area (Å²) in [6.45, 7) is 0. The van der Waals surface area contributed by atoms with Gasteiger partial charge in [0, 0.05) is 0 Å². The van der Waals surface area contributed by atoms with Crippen LogP contribution in [0.25, 0.3) is 0 Å². The van der Waals surface area contributed by atoms with E-state index in [9.17, 15) is 8.42 Å². The minimum absolute atomic E-state index is 0. The van der Waals surface area contributed by atoms with Gasteiger partial charge < -0.3 is 0 Å². The Morgan fingerprint density at radius 3 is 2.25 bits per heavy atom. The Labute approximate surface area is 114 Å². The van der Waals surface area contributed by atoms with Crippen LogP contribution in [0.2, 0.25) is 0 Å². The van der Waals surface area contributed by atoms with Gasteiger partial charge in [-0.3, -0.25) is 4.55 Å². The van der Waals surface area contributed by atoms with Gasteiger partial charge in [0.05, 0.1) is 5.75 Å². The van der Waals surface area contributed by atoms with Crippen molar-refractivity contribution in [1.82, 2.24) is 0 Å². The normalized spacial score (nSPS) is 10.4. The molecule has 0 atom stereocenters. The van der Waals surface area contributed by atoms with E-state index in [2.05, 4.69) is 6.07 Å². The summed E-state index contributed by atoms with van der Waals surface area (Å²) in [7, 11) is -3.89. The van der Waals surface area contributed by atoms with E-state index < -0.39 is 10.1 Å². The molecule has 0 heterocycles. The van der Waals surface area contributed by atoms with E-state index in [-0.39, 0.29) is 57.1 Å². The average molecular weight is 210 g/mol. The van der Waals surface area contributed by atoms with E-state index in [1.54, 1.807) is 24.3 Å². The molecule has 0 saturated carbocycles. The topological polar surface area (TPSA) is 54.4 Å². The molecule has 0 aliphatic heterocycles. The Bertz CT molecular complexity index is 320. The molecule has 0 aliphatic carbocycles. The van der Waals surface area contributed by atoms with Crippen molar-refractivity contribution < 1.29 is 64.4 Å². The Morgan fingerprint density at radius 2 is 1.83 bits per heavy atom. The van der Waals surface area contributed by atoms with Crippen molar-refractivity contribution in [3.05, 3.63) is 35.9 Å². The predicted octanol–water partition coefficient (Wildman–Crippen LogP) is -2.12. The van der Waals surface area contributed by atoms with Gasteiger partial charge in [-0.25, -0.2) is 0 Å².